The molecule has 1 atom stereocenters. The van der Waals surface area contributed by atoms with Crippen LogP contribution in [0, 0.1) is 5.82 Å². The van der Waals surface area contributed by atoms with E-state index in [-0.39, 0.29) is 18.6 Å². The van der Waals surface area contributed by atoms with E-state index in [1.54, 1.807) is 37.3 Å². The molecule has 2 aliphatic rings. The van der Waals surface area contributed by atoms with Crippen LogP contribution in [-0.2, 0) is 9.53 Å². The zero-order valence-electron chi connectivity index (χ0n) is 15.5. The quantitative estimate of drug-likeness (QED) is 0.747. The van der Waals surface area contributed by atoms with Gasteiger partial charge in [0.2, 0.25) is 0 Å². The van der Waals surface area contributed by atoms with Gasteiger partial charge in [-0.1, -0.05) is 18.3 Å². The first-order valence-corrected chi connectivity index (χ1v) is 9.41. The molecule has 1 fully saturated rings. The molecule has 0 bridgehead atoms. The van der Waals surface area contributed by atoms with Crippen LogP contribution < -0.4 is 20.3 Å². The molecule has 0 unspecified atom stereocenters. The second-order valence-corrected chi connectivity index (χ2v) is 7.38. The van der Waals surface area contributed by atoms with Crippen molar-refractivity contribution in [2.45, 2.75) is 13.0 Å². The molecule has 9 heteroatoms. The Morgan fingerprint density at radius 3 is 2.90 bits per heavy atom. The van der Waals surface area contributed by atoms with Crippen LogP contribution in [0.15, 0.2) is 36.4 Å². The molecule has 2 heterocycles. The van der Waals surface area contributed by atoms with E-state index < -0.39 is 11.9 Å². The molecule has 1 saturated heterocycles. The van der Waals surface area contributed by atoms with E-state index in [1.165, 1.54) is 11.0 Å². The number of amides is 2. The number of anilines is 2. The van der Waals surface area contributed by atoms with Gasteiger partial charge in [0.15, 0.2) is 6.61 Å². The van der Waals surface area contributed by atoms with E-state index in [1.807, 2.05) is 0 Å². The summed E-state index contributed by atoms with van der Waals surface area (Å²) in [4.78, 5) is 25.7. The molecule has 0 saturated carbocycles. The lowest BCUT2D eigenvalue weighted by atomic mass is 10.0. The number of carbonyl (C=O) groups excluding carboxylic acids is 2. The fourth-order valence-electron chi connectivity index (χ4n) is 3.25. The van der Waals surface area contributed by atoms with Gasteiger partial charge in [-0.15, -0.1) is 0 Å². The molecule has 29 heavy (non-hydrogen) atoms. The Labute approximate surface area is 171 Å². The predicted octanol–water partition coefficient (Wildman–Crippen LogP) is 3.09. The summed E-state index contributed by atoms with van der Waals surface area (Å²) in [7, 11) is 0. The highest BCUT2D eigenvalue weighted by Crippen LogP contribution is 2.35. The molecule has 2 aromatic carbocycles. The summed E-state index contributed by atoms with van der Waals surface area (Å²) in [5.74, 6) is -0.211. The average Bonchev–Trinajstić information content (AvgIpc) is 3.06. The summed E-state index contributed by atoms with van der Waals surface area (Å²) in [6.45, 7) is 2.41. The highest BCUT2D eigenvalue weighted by atomic mass is 32.1. The van der Waals surface area contributed by atoms with E-state index in [2.05, 4.69) is 10.6 Å². The number of thiocarbonyl (C=S) groups is 1. The summed E-state index contributed by atoms with van der Waals surface area (Å²) in [5, 5.41) is 5.67. The summed E-state index contributed by atoms with van der Waals surface area (Å²) in [5.41, 5.74) is 1.83. The average molecular weight is 415 g/mol. The number of rotatable bonds is 4. The van der Waals surface area contributed by atoms with Gasteiger partial charge in [0.25, 0.3) is 5.91 Å². The van der Waals surface area contributed by atoms with Crippen molar-refractivity contribution in [3.63, 3.8) is 0 Å². The van der Waals surface area contributed by atoms with E-state index in [0.717, 1.165) is 0 Å². The van der Waals surface area contributed by atoms with Crippen molar-refractivity contribution in [1.82, 2.24) is 5.32 Å². The summed E-state index contributed by atoms with van der Waals surface area (Å²) in [6, 6.07) is 9.61. The number of nitrogens with one attached hydrogen (secondary N) is 2. The minimum atomic E-state index is -0.528. The highest BCUT2D eigenvalue weighted by Gasteiger charge is 2.32. The molecule has 2 N–H and O–H groups in total. The Kier molecular flexibility index (Phi) is 5.06. The number of cyclic esters (lactones) is 1. The predicted molar refractivity (Wildman–Crippen MR) is 110 cm³/mol. The smallest absolute Gasteiger partial charge is 0.414 e. The summed E-state index contributed by atoms with van der Waals surface area (Å²) in [6.07, 6.45) is -0.896. The molecule has 2 aliphatic heterocycles. The van der Waals surface area contributed by atoms with Crippen LogP contribution in [0.5, 0.6) is 5.75 Å². The lowest BCUT2D eigenvalue weighted by molar-refractivity contribution is -0.118. The Balaban J connectivity index is 1.54. The fraction of sp³-hybridized carbons (Fsp3) is 0.250. The maximum Gasteiger partial charge on any atom is 0.414 e. The largest absolute Gasteiger partial charge is 0.482 e. The zero-order chi connectivity index (χ0) is 20.5. The van der Waals surface area contributed by atoms with E-state index in [4.69, 9.17) is 21.7 Å². The first kappa shape index (κ1) is 19.1. The van der Waals surface area contributed by atoms with Gasteiger partial charge in [-0.2, -0.15) is 0 Å². The van der Waals surface area contributed by atoms with Crippen LogP contribution in [0.2, 0.25) is 0 Å². The number of hydrogen-bond donors (Lipinski definition) is 2. The Morgan fingerprint density at radius 2 is 2.14 bits per heavy atom. The maximum absolute atomic E-state index is 14.8. The van der Waals surface area contributed by atoms with Gasteiger partial charge in [-0.3, -0.25) is 9.69 Å². The number of carbonyl (C=O) groups is 2. The van der Waals surface area contributed by atoms with Crippen molar-refractivity contribution in [3.8, 4) is 16.9 Å². The van der Waals surface area contributed by atoms with Crippen LogP contribution in [0.25, 0.3) is 11.1 Å². The van der Waals surface area contributed by atoms with Gasteiger partial charge in [-0.25, -0.2) is 9.18 Å². The lowest BCUT2D eigenvalue weighted by Crippen LogP contribution is -2.32. The third kappa shape index (κ3) is 4.00. The summed E-state index contributed by atoms with van der Waals surface area (Å²) < 4.78 is 25.5. The van der Waals surface area contributed by atoms with E-state index >= 15 is 0 Å². The monoisotopic (exact) mass is 415 g/mol. The second-order valence-electron chi connectivity index (χ2n) is 6.77. The SMILES string of the molecule is CC(=S)NC[C@H]1CN(c2ccc(-c3ccc4c(c3)NC(=O)CO4)c(F)c2)C(=O)O1. The van der Waals surface area contributed by atoms with Crippen LogP contribution >= 0.6 is 12.2 Å². The first-order valence-electron chi connectivity index (χ1n) is 9.00. The Morgan fingerprint density at radius 1 is 1.31 bits per heavy atom. The highest BCUT2D eigenvalue weighted by molar-refractivity contribution is 7.80. The van der Waals surface area contributed by atoms with Gasteiger partial charge in [0.05, 0.1) is 29.5 Å². The number of benzene rings is 2. The number of fused-ring (bicyclic) bond motifs is 1. The molecule has 0 aliphatic carbocycles. The van der Waals surface area contributed by atoms with Gasteiger partial charge in [0, 0.05) is 5.56 Å². The molecule has 150 valence electrons. The van der Waals surface area contributed by atoms with Gasteiger partial charge in [0.1, 0.15) is 17.7 Å². The third-order valence-electron chi connectivity index (χ3n) is 4.64. The molecule has 0 radical (unpaired) electrons. The van der Waals surface area contributed by atoms with Crippen molar-refractivity contribution in [2.75, 3.05) is 29.9 Å². The molecule has 0 aromatic heterocycles. The molecule has 4 rings (SSSR count). The van der Waals surface area contributed by atoms with Crippen molar-refractivity contribution in [1.29, 1.82) is 0 Å². The van der Waals surface area contributed by atoms with Gasteiger partial charge < -0.3 is 20.1 Å². The Hall–Kier alpha value is -3.20. The molecule has 2 amide bonds. The Bertz CT molecular complexity index is 1010. The number of hydrogen-bond acceptors (Lipinski definition) is 5. The van der Waals surface area contributed by atoms with Crippen LogP contribution in [0.1, 0.15) is 6.92 Å². The van der Waals surface area contributed by atoms with Crippen molar-refractivity contribution < 1.29 is 23.5 Å². The van der Waals surface area contributed by atoms with Gasteiger partial charge >= 0.3 is 6.09 Å². The first-order chi connectivity index (χ1) is 13.9. The van der Waals surface area contributed by atoms with Crippen LogP contribution in [0.3, 0.4) is 0 Å². The number of halogens is 1. The van der Waals surface area contributed by atoms with E-state index in [9.17, 15) is 14.0 Å². The third-order valence-corrected chi connectivity index (χ3v) is 4.78. The second kappa shape index (κ2) is 7.67. The minimum absolute atomic E-state index is 0.0398. The normalized spacial score (nSPS) is 17.9. The molecular formula is C20H18FN3O4S. The fourth-order valence-corrected chi connectivity index (χ4v) is 3.34. The van der Waals surface area contributed by atoms with Gasteiger partial charge in [-0.05, 0) is 42.8 Å². The molecule has 7 nitrogen and oxygen atoms in total. The summed E-state index contributed by atoms with van der Waals surface area (Å²) >= 11 is 4.96. The maximum atomic E-state index is 14.8. The van der Waals surface area contributed by atoms with Crippen LogP contribution in [0.4, 0.5) is 20.6 Å². The van der Waals surface area contributed by atoms with Crippen molar-refractivity contribution in [3.05, 3.63) is 42.2 Å². The lowest BCUT2D eigenvalue weighted by Gasteiger charge is -2.19. The molecular weight excluding hydrogens is 397 g/mol. The van der Waals surface area contributed by atoms with Crippen molar-refractivity contribution in [2.24, 2.45) is 0 Å². The van der Waals surface area contributed by atoms with E-state index in [0.29, 0.717) is 46.3 Å². The molecule has 2 aromatic rings. The van der Waals surface area contributed by atoms with Crippen molar-refractivity contribution >= 4 is 40.6 Å². The topological polar surface area (TPSA) is 79.9 Å². The van der Waals surface area contributed by atoms with Crippen LogP contribution in [-0.4, -0.2) is 42.8 Å². The number of nitrogens with zero attached hydrogens (tertiary/aromatic N) is 1. The minimum Gasteiger partial charge on any atom is -0.482 e. The zero-order valence-corrected chi connectivity index (χ0v) is 16.3. The molecule has 0 spiro atoms. The number of ether oxygens (including phenoxy) is 2. The standard InChI is InChI=1S/C20H18FN3O4S/c1-11(29)22-8-14-9-24(20(26)28-14)13-3-4-15(16(21)7-13)12-2-5-18-17(6-12)23-19(25)10-27-18/h2-7,14H,8-10H2,1H3,(H,22,29)(H,23,25)/t14-/m0/s1.